The zero-order valence-corrected chi connectivity index (χ0v) is 21.5. The summed E-state index contributed by atoms with van der Waals surface area (Å²) in [5.74, 6) is 0.234. The van der Waals surface area contributed by atoms with Crippen LogP contribution in [0.2, 0.25) is 5.02 Å². The number of fused-ring (bicyclic) bond motifs is 1. The number of nitrogens with one attached hydrogen (secondary N) is 1. The molecule has 0 unspecified atom stereocenters. The number of benzene rings is 1. The first-order valence-corrected chi connectivity index (χ1v) is 12.8. The van der Waals surface area contributed by atoms with E-state index in [-0.39, 0.29) is 17.6 Å². The van der Waals surface area contributed by atoms with Crippen molar-refractivity contribution < 1.29 is 4.79 Å². The van der Waals surface area contributed by atoms with Gasteiger partial charge in [-0.3, -0.25) is 23.9 Å². The Morgan fingerprint density at radius 2 is 1.75 bits per heavy atom. The van der Waals surface area contributed by atoms with E-state index in [2.05, 4.69) is 15.3 Å². The summed E-state index contributed by atoms with van der Waals surface area (Å²) in [6, 6.07) is 11.7. The van der Waals surface area contributed by atoms with Gasteiger partial charge in [0.1, 0.15) is 0 Å². The van der Waals surface area contributed by atoms with Crippen molar-refractivity contribution in [1.82, 2.24) is 24.4 Å². The van der Waals surface area contributed by atoms with Crippen LogP contribution in [0.3, 0.4) is 0 Å². The van der Waals surface area contributed by atoms with E-state index in [1.165, 1.54) is 0 Å². The van der Waals surface area contributed by atoms with E-state index < -0.39 is 0 Å². The molecule has 0 saturated heterocycles. The van der Waals surface area contributed by atoms with Gasteiger partial charge in [-0.2, -0.15) is 0 Å². The number of halogens is 1. The molecule has 1 aliphatic carbocycles. The van der Waals surface area contributed by atoms with Crippen LogP contribution < -0.4 is 11.0 Å². The predicted octanol–water partition coefficient (Wildman–Crippen LogP) is 5.15. The SMILES string of the molecule is Cc1cc(-n2c(=O)n(CC3CCC(NC(=O)c4cc(Cl)cnc4C)CC3)c3ccccc32)c(C)cn1. The van der Waals surface area contributed by atoms with Gasteiger partial charge in [-0.05, 0) is 82.2 Å². The van der Waals surface area contributed by atoms with Crippen LogP contribution in [0.4, 0.5) is 0 Å². The topological polar surface area (TPSA) is 81.8 Å². The Balaban J connectivity index is 1.33. The number of aryl methyl sites for hydroxylation is 3. The average Bonchev–Trinajstić information content (AvgIpc) is 3.14. The van der Waals surface area contributed by atoms with Crippen LogP contribution in [-0.4, -0.2) is 31.1 Å². The maximum atomic E-state index is 13.7. The highest BCUT2D eigenvalue weighted by Crippen LogP contribution is 2.28. The Morgan fingerprint density at radius 3 is 2.50 bits per heavy atom. The van der Waals surface area contributed by atoms with Crippen molar-refractivity contribution in [3.8, 4) is 5.69 Å². The molecule has 8 heteroatoms. The fourth-order valence-electron chi connectivity index (χ4n) is 5.22. The number of hydrogen-bond acceptors (Lipinski definition) is 4. The molecule has 186 valence electrons. The van der Waals surface area contributed by atoms with Gasteiger partial charge < -0.3 is 5.32 Å². The number of rotatable bonds is 5. The second-order valence-corrected chi connectivity index (χ2v) is 10.2. The number of pyridine rings is 2. The Kier molecular flexibility index (Phi) is 6.67. The highest BCUT2D eigenvalue weighted by Gasteiger charge is 2.26. The van der Waals surface area contributed by atoms with Gasteiger partial charge in [0.15, 0.2) is 0 Å². The summed E-state index contributed by atoms with van der Waals surface area (Å²) < 4.78 is 3.72. The Hall–Kier alpha value is -3.45. The van der Waals surface area contributed by atoms with E-state index in [9.17, 15) is 9.59 Å². The third-order valence-corrected chi connectivity index (χ3v) is 7.42. The Morgan fingerprint density at radius 1 is 1.03 bits per heavy atom. The Labute approximate surface area is 215 Å². The number of imidazole rings is 1. The van der Waals surface area contributed by atoms with Crippen molar-refractivity contribution in [2.75, 3.05) is 0 Å². The van der Waals surface area contributed by atoms with Crippen LogP contribution in [0.5, 0.6) is 0 Å². The maximum Gasteiger partial charge on any atom is 0.333 e. The minimum atomic E-state index is -0.131. The predicted molar refractivity (Wildman–Crippen MR) is 142 cm³/mol. The van der Waals surface area contributed by atoms with Crippen LogP contribution in [-0.2, 0) is 6.54 Å². The summed E-state index contributed by atoms with van der Waals surface area (Å²) in [7, 11) is 0. The molecule has 36 heavy (non-hydrogen) atoms. The average molecular weight is 504 g/mol. The first kappa shape index (κ1) is 24.3. The minimum absolute atomic E-state index is 0.0238. The molecule has 7 nitrogen and oxygen atoms in total. The summed E-state index contributed by atoms with van der Waals surface area (Å²) in [6.45, 7) is 6.39. The van der Waals surface area contributed by atoms with Crippen molar-refractivity contribution in [2.45, 2.75) is 59.0 Å². The molecule has 4 aromatic rings. The molecule has 0 spiro atoms. The summed E-state index contributed by atoms with van der Waals surface area (Å²) in [4.78, 5) is 35.0. The number of carbonyl (C=O) groups is 1. The zero-order valence-electron chi connectivity index (χ0n) is 20.8. The molecular weight excluding hydrogens is 474 g/mol. The van der Waals surface area contributed by atoms with E-state index in [0.717, 1.165) is 53.7 Å². The van der Waals surface area contributed by atoms with Gasteiger partial charge in [0.05, 0.1) is 33.0 Å². The number of hydrogen-bond donors (Lipinski definition) is 1. The van der Waals surface area contributed by atoms with Gasteiger partial charge in [-0.25, -0.2) is 4.79 Å². The molecule has 1 N–H and O–H groups in total. The quantitative estimate of drug-likeness (QED) is 0.408. The summed E-state index contributed by atoms with van der Waals surface area (Å²) in [5, 5.41) is 3.60. The molecule has 1 fully saturated rings. The third-order valence-electron chi connectivity index (χ3n) is 7.21. The lowest BCUT2D eigenvalue weighted by atomic mass is 9.85. The lowest BCUT2D eigenvalue weighted by Crippen LogP contribution is -2.39. The lowest BCUT2D eigenvalue weighted by Gasteiger charge is -2.29. The highest BCUT2D eigenvalue weighted by atomic mass is 35.5. The van der Waals surface area contributed by atoms with E-state index in [1.54, 1.807) is 12.3 Å². The first-order chi connectivity index (χ1) is 17.3. The van der Waals surface area contributed by atoms with E-state index in [0.29, 0.717) is 28.7 Å². The van der Waals surface area contributed by atoms with Crippen LogP contribution >= 0.6 is 11.6 Å². The number of carbonyl (C=O) groups excluding carboxylic acids is 1. The monoisotopic (exact) mass is 503 g/mol. The van der Waals surface area contributed by atoms with Crippen LogP contribution in [0.25, 0.3) is 16.7 Å². The van der Waals surface area contributed by atoms with Crippen molar-refractivity contribution >= 4 is 28.5 Å². The number of para-hydroxylation sites is 2. The van der Waals surface area contributed by atoms with E-state index >= 15 is 0 Å². The smallest absolute Gasteiger partial charge is 0.333 e. The van der Waals surface area contributed by atoms with Crippen molar-refractivity contribution in [1.29, 1.82) is 0 Å². The highest BCUT2D eigenvalue weighted by molar-refractivity contribution is 6.30. The molecular formula is C28H30ClN5O2. The van der Waals surface area contributed by atoms with Gasteiger partial charge in [0.25, 0.3) is 5.91 Å². The van der Waals surface area contributed by atoms with Crippen LogP contribution in [0.15, 0.2) is 53.6 Å². The van der Waals surface area contributed by atoms with E-state index in [1.807, 2.05) is 66.4 Å². The van der Waals surface area contributed by atoms with Crippen molar-refractivity contribution in [3.05, 3.63) is 86.8 Å². The fourth-order valence-corrected chi connectivity index (χ4v) is 5.38. The molecule has 3 aromatic heterocycles. The largest absolute Gasteiger partial charge is 0.349 e. The molecule has 1 amide bonds. The normalized spacial score (nSPS) is 17.9. The van der Waals surface area contributed by atoms with Crippen LogP contribution in [0.1, 0.15) is 53.0 Å². The molecule has 3 heterocycles. The van der Waals surface area contributed by atoms with Crippen molar-refractivity contribution in [2.24, 2.45) is 5.92 Å². The van der Waals surface area contributed by atoms with Crippen LogP contribution in [0, 0.1) is 26.7 Å². The summed E-state index contributed by atoms with van der Waals surface area (Å²) in [5.41, 5.74) is 5.73. The summed E-state index contributed by atoms with van der Waals surface area (Å²) in [6.07, 6.45) is 7.00. The zero-order chi connectivity index (χ0) is 25.4. The minimum Gasteiger partial charge on any atom is -0.349 e. The number of aromatic nitrogens is 4. The summed E-state index contributed by atoms with van der Waals surface area (Å²) >= 11 is 6.04. The molecule has 5 rings (SSSR count). The lowest BCUT2D eigenvalue weighted by molar-refractivity contribution is 0.0919. The molecule has 1 saturated carbocycles. The molecule has 1 aliphatic rings. The fraction of sp³-hybridized carbons (Fsp3) is 0.357. The number of amides is 1. The van der Waals surface area contributed by atoms with Gasteiger partial charge in [0, 0.05) is 30.7 Å². The molecule has 0 atom stereocenters. The van der Waals surface area contributed by atoms with Gasteiger partial charge in [-0.15, -0.1) is 0 Å². The van der Waals surface area contributed by atoms with Gasteiger partial charge in [0.2, 0.25) is 0 Å². The molecule has 0 radical (unpaired) electrons. The molecule has 1 aromatic carbocycles. The second-order valence-electron chi connectivity index (χ2n) is 9.81. The third kappa shape index (κ3) is 4.67. The Bertz CT molecular complexity index is 1500. The maximum absolute atomic E-state index is 13.7. The van der Waals surface area contributed by atoms with Gasteiger partial charge >= 0.3 is 5.69 Å². The standard InChI is InChI=1S/C28H30ClN5O2/c1-17-14-30-18(2)12-26(17)34-25-7-5-4-6-24(25)33(28(34)36)16-20-8-10-22(11-9-20)32-27(35)23-13-21(29)15-31-19(23)3/h4-7,12-15,20,22H,8-11,16H2,1-3H3,(H,32,35). The first-order valence-electron chi connectivity index (χ1n) is 12.4. The van der Waals surface area contributed by atoms with Gasteiger partial charge in [-0.1, -0.05) is 23.7 Å². The second kappa shape index (κ2) is 9.90. The van der Waals surface area contributed by atoms with E-state index in [4.69, 9.17) is 11.6 Å². The van der Waals surface area contributed by atoms with Crippen molar-refractivity contribution in [3.63, 3.8) is 0 Å². The molecule has 0 bridgehead atoms. The number of nitrogens with zero attached hydrogens (tertiary/aromatic N) is 4. The molecule has 0 aliphatic heterocycles.